The lowest BCUT2D eigenvalue weighted by atomic mass is 10.3. The Morgan fingerprint density at radius 2 is 1.67 bits per heavy atom. The summed E-state index contributed by atoms with van der Waals surface area (Å²) >= 11 is 11.7. The zero-order valence-corrected chi connectivity index (χ0v) is 18.1. The summed E-state index contributed by atoms with van der Waals surface area (Å²) in [6.45, 7) is 0.740. The van der Waals surface area contributed by atoms with Gasteiger partial charge in [-0.05, 0) is 42.5 Å². The van der Waals surface area contributed by atoms with E-state index in [1.54, 1.807) is 0 Å². The van der Waals surface area contributed by atoms with E-state index in [9.17, 15) is 22.8 Å². The Morgan fingerprint density at radius 1 is 1.00 bits per heavy atom. The Labute approximate surface area is 183 Å². The van der Waals surface area contributed by atoms with Crippen molar-refractivity contribution in [2.45, 2.75) is 18.2 Å². The van der Waals surface area contributed by atoms with Crippen LogP contribution < -0.4 is 10.6 Å². The number of carbonyl (C=O) groups excluding carboxylic acids is 3. The van der Waals surface area contributed by atoms with Crippen LogP contribution in [0.1, 0.15) is 13.3 Å². The molecular weight excluding hydrogens is 455 g/mol. The second-order valence-corrected chi connectivity index (χ2v) is 9.06. The average molecular weight is 473 g/mol. The van der Waals surface area contributed by atoms with E-state index in [0.717, 1.165) is 0 Å². The van der Waals surface area contributed by atoms with Gasteiger partial charge in [-0.2, -0.15) is 0 Å². The lowest BCUT2D eigenvalue weighted by Crippen LogP contribution is -2.22. The molecule has 2 amide bonds. The van der Waals surface area contributed by atoms with Crippen molar-refractivity contribution in [1.82, 2.24) is 0 Å². The number of benzene rings is 2. The van der Waals surface area contributed by atoms with Crippen LogP contribution in [0.25, 0.3) is 0 Å². The molecule has 0 heterocycles. The van der Waals surface area contributed by atoms with Gasteiger partial charge in [-0.3, -0.25) is 14.4 Å². The van der Waals surface area contributed by atoms with Crippen LogP contribution in [0.2, 0.25) is 10.0 Å². The molecule has 2 aromatic rings. The van der Waals surface area contributed by atoms with E-state index in [0.29, 0.717) is 16.4 Å². The number of anilines is 2. The van der Waals surface area contributed by atoms with Gasteiger partial charge >= 0.3 is 5.97 Å². The first-order chi connectivity index (χ1) is 14.1. The minimum absolute atomic E-state index is 0.000439. The Kier molecular flexibility index (Phi) is 8.22. The third-order valence-corrected chi connectivity index (χ3v) is 5.96. The normalized spacial score (nSPS) is 10.9. The molecular formula is C19H18Cl2N2O6S. The molecule has 0 aliphatic heterocycles. The molecule has 0 saturated heterocycles. The standard InChI is InChI=1S/C19H18Cl2N2O6S/c1-12(24)22-14-3-5-15(6-4-14)30(27,28)9-8-19(26)29-11-18(25)23-17-7-2-13(20)10-16(17)21/h2-7,10H,8-9,11H2,1H3,(H,22,24)(H,23,25). The topological polar surface area (TPSA) is 119 Å². The molecule has 0 atom stereocenters. The predicted molar refractivity (Wildman–Crippen MR) is 113 cm³/mol. The van der Waals surface area contributed by atoms with Gasteiger partial charge < -0.3 is 15.4 Å². The molecule has 2 N–H and O–H groups in total. The van der Waals surface area contributed by atoms with E-state index in [2.05, 4.69) is 10.6 Å². The number of ether oxygens (including phenoxy) is 1. The molecule has 0 spiro atoms. The molecule has 0 aliphatic carbocycles. The summed E-state index contributed by atoms with van der Waals surface area (Å²) < 4.78 is 29.4. The summed E-state index contributed by atoms with van der Waals surface area (Å²) in [5.74, 6) is -2.25. The molecule has 0 radical (unpaired) electrons. The number of nitrogens with one attached hydrogen (secondary N) is 2. The van der Waals surface area contributed by atoms with Gasteiger partial charge in [0.25, 0.3) is 5.91 Å². The van der Waals surface area contributed by atoms with E-state index in [1.807, 2.05) is 0 Å². The van der Waals surface area contributed by atoms with Crippen molar-refractivity contribution in [2.24, 2.45) is 0 Å². The summed E-state index contributed by atoms with van der Waals surface area (Å²) in [5.41, 5.74) is 0.750. The Balaban J connectivity index is 1.83. The van der Waals surface area contributed by atoms with E-state index in [4.69, 9.17) is 27.9 Å². The summed E-state index contributed by atoms with van der Waals surface area (Å²) in [6.07, 6.45) is -0.426. The predicted octanol–water partition coefficient (Wildman–Crippen LogP) is 3.30. The van der Waals surface area contributed by atoms with Gasteiger partial charge in [-0.15, -0.1) is 0 Å². The van der Waals surface area contributed by atoms with Crippen LogP contribution in [0.15, 0.2) is 47.4 Å². The second kappa shape index (κ2) is 10.4. The smallest absolute Gasteiger partial charge is 0.307 e. The van der Waals surface area contributed by atoms with E-state index in [-0.39, 0.29) is 15.8 Å². The van der Waals surface area contributed by atoms with Gasteiger partial charge in [0.2, 0.25) is 5.91 Å². The Bertz CT molecular complexity index is 1060. The Hall–Kier alpha value is -2.62. The van der Waals surface area contributed by atoms with E-state index >= 15 is 0 Å². The number of rotatable bonds is 8. The number of amides is 2. The summed E-state index contributed by atoms with van der Waals surface area (Å²) in [7, 11) is -3.74. The SMILES string of the molecule is CC(=O)Nc1ccc(S(=O)(=O)CCC(=O)OCC(=O)Nc2ccc(Cl)cc2Cl)cc1. The number of hydrogen-bond acceptors (Lipinski definition) is 6. The molecule has 2 aromatic carbocycles. The van der Waals surface area contributed by atoms with Crippen molar-refractivity contribution in [3.63, 3.8) is 0 Å². The fourth-order valence-electron chi connectivity index (χ4n) is 2.28. The number of esters is 1. The maximum absolute atomic E-state index is 12.3. The Morgan fingerprint density at radius 3 is 2.27 bits per heavy atom. The van der Waals surface area contributed by atoms with Crippen LogP contribution in [0.3, 0.4) is 0 Å². The summed E-state index contributed by atoms with van der Waals surface area (Å²) in [5, 5.41) is 5.60. The maximum atomic E-state index is 12.3. The van der Waals surface area contributed by atoms with Crippen LogP contribution in [0.5, 0.6) is 0 Å². The molecule has 0 fully saturated rings. The van der Waals surface area contributed by atoms with Gasteiger partial charge in [-0.25, -0.2) is 8.42 Å². The van der Waals surface area contributed by atoms with Crippen molar-refractivity contribution in [2.75, 3.05) is 23.0 Å². The van der Waals surface area contributed by atoms with E-state index < -0.39 is 40.5 Å². The highest BCUT2D eigenvalue weighted by molar-refractivity contribution is 7.91. The lowest BCUT2D eigenvalue weighted by molar-refractivity contribution is -0.146. The fourth-order valence-corrected chi connectivity index (χ4v) is 3.96. The van der Waals surface area contributed by atoms with Gasteiger partial charge in [0.1, 0.15) is 0 Å². The quantitative estimate of drug-likeness (QED) is 0.568. The fraction of sp³-hybridized carbons (Fsp3) is 0.211. The minimum atomic E-state index is -3.74. The van der Waals surface area contributed by atoms with Gasteiger partial charge in [0, 0.05) is 17.6 Å². The van der Waals surface area contributed by atoms with Crippen molar-refractivity contribution >= 4 is 62.2 Å². The second-order valence-electron chi connectivity index (χ2n) is 6.11. The maximum Gasteiger partial charge on any atom is 0.307 e. The number of halogens is 2. The molecule has 0 aromatic heterocycles. The highest BCUT2D eigenvalue weighted by Gasteiger charge is 2.18. The zero-order chi connectivity index (χ0) is 22.3. The third-order valence-electron chi connectivity index (χ3n) is 3.68. The highest BCUT2D eigenvalue weighted by Crippen LogP contribution is 2.25. The third kappa shape index (κ3) is 7.33. The summed E-state index contributed by atoms with van der Waals surface area (Å²) in [6, 6.07) is 10.0. The van der Waals surface area contributed by atoms with Crippen LogP contribution in [0, 0.1) is 0 Å². The molecule has 0 saturated carbocycles. The van der Waals surface area contributed by atoms with Crippen LogP contribution in [-0.2, 0) is 29.0 Å². The molecule has 30 heavy (non-hydrogen) atoms. The first-order valence-corrected chi connectivity index (χ1v) is 11.0. The first kappa shape index (κ1) is 23.7. The molecule has 0 unspecified atom stereocenters. The number of hydrogen-bond donors (Lipinski definition) is 2. The molecule has 160 valence electrons. The van der Waals surface area contributed by atoms with Gasteiger partial charge in [-0.1, -0.05) is 23.2 Å². The average Bonchev–Trinajstić information content (AvgIpc) is 2.67. The minimum Gasteiger partial charge on any atom is -0.456 e. The molecule has 8 nitrogen and oxygen atoms in total. The molecule has 11 heteroatoms. The van der Waals surface area contributed by atoms with Crippen molar-refractivity contribution in [3.05, 3.63) is 52.5 Å². The van der Waals surface area contributed by atoms with Crippen molar-refractivity contribution in [1.29, 1.82) is 0 Å². The molecule has 0 aliphatic rings. The van der Waals surface area contributed by atoms with Crippen LogP contribution in [-0.4, -0.2) is 38.6 Å². The van der Waals surface area contributed by atoms with Crippen LogP contribution in [0.4, 0.5) is 11.4 Å². The molecule has 0 bridgehead atoms. The van der Waals surface area contributed by atoms with Gasteiger partial charge in [0.15, 0.2) is 16.4 Å². The monoisotopic (exact) mass is 472 g/mol. The number of sulfone groups is 1. The molecule has 2 rings (SSSR count). The first-order valence-electron chi connectivity index (χ1n) is 8.58. The lowest BCUT2D eigenvalue weighted by Gasteiger charge is -2.09. The van der Waals surface area contributed by atoms with Crippen molar-refractivity contribution < 1.29 is 27.5 Å². The summed E-state index contributed by atoms with van der Waals surface area (Å²) in [4.78, 5) is 34.7. The highest BCUT2D eigenvalue weighted by atomic mass is 35.5. The van der Waals surface area contributed by atoms with Gasteiger partial charge in [0.05, 0.1) is 27.8 Å². The number of carbonyl (C=O) groups is 3. The van der Waals surface area contributed by atoms with Crippen LogP contribution >= 0.6 is 23.2 Å². The van der Waals surface area contributed by atoms with Crippen molar-refractivity contribution in [3.8, 4) is 0 Å². The largest absolute Gasteiger partial charge is 0.456 e. The zero-order valence-electron chi connectivity index (χ0n) is 15.8. The van der Waals surface area contributed by atoms with E-state index in [1.165, 1.54) is 49.4 Å².